The first-order valence-corrected chi connectivity index (χ1v) is 10.4. The average molecular weight is 415 g/mol. The monoisotopic (exact) mass is 415 g/mol. The summed E-state index contributed by atoms with van der Waals surface area (Å²) in [4.78, 5) is 31.4. The van der Waals surface area contributed by atoms with Crippen molar-refractivity contribution in [2.75, 3.05) is 26.7 Å². The Morgan fingerprint density at radius 3 is 2.68 bits per heavy atom. The van der Waals surface area contributed by atoms with Crippen molar-refractivity contribution in [3.63, 3.8) is 0 Å². The Labute approximate surface area is 181 Å². The SMILES string of the molecule is COc1cccc(-c2cccc(CC3CN(C(=O)c4ccccn4)CCNC3=O)c2)c1. The molecule has 2 amide bonds. The molecule has 158 valence electrons. The molecule has 6 heteroatoms. The molecule has 0 radical (unpaired) electrons. The van der Waals surface area contributed by atoms with Gasteiger partial charge in [0.1, 0.15) is 11.4 Å². The summed E-state index contributed by atoms with van der Waals surface area (Å²) in [5.41, 5.74) is 3.56. The Morgan fingerprint density at radius 2 is 1.90 bits per heavy atom. The number of nitrogens with one attached hydrogen (secondary N) is 1. The summed E-state index contributed by atoms with van der Waals surface area (Å²) in [6.07, 6.45) is 2.16. The van der Waals surface area contributed by atoms with Gasteiger partial charge in [0.05, 0.1) is 13.0 Å². The van der Waals surface area contributed by atoms with Gasteiger partial charge in [0, 0.05) is 25.8 Å². The summed E-state index contributed by atoms with van der Waals surface area (Å²) < 4.78 is 5.33. The zero-order chi connectivity index (χ0) is 21.6. The van der Waals surface area contributed by atoms with E-state index in [2.05, 4.69) is 16.4 Å². The molecule has 0 spiro atoms. The summed E-state index contributed by atoms with van der Waals surface area (Å²) in [5, 5.41) is 2.94. The number of pyridine rings is 1. The van der Waals surface area contributed by atoms with Gasteiger partial charge in [0.25, 0.3) is 5.91 Å². The summed E-state index contributed by atoms with van der Waals surface area (Å²) in [5.74, 6) is 0.306. The summed E-state index contributed by atoms with van der Waals surface area (Å²) in [6.45, 7) is 1.28. The van der Waals surface area contributed by atoms with Gasteiger partial charge >= 0.3 is 0 Å². The highest BCUT2D eigenvalue weighted by atomic mass is 16.5. The molecule has 1 aromatic heterocycles. The smallest absolute Gasteiger partial charge is 0.272 e. The lowest BCUT2D eigenvalue weighted by Gasteiger charge is -2.23. The van der Waals surface area contributed by atoms with Crippen molar-refractivity contribution in [2.45, 2.75) is 6.42 Å². The summed E-state index contributed by atoms with van der Waals surface area (Å²) in [7, 11) is 1.65. The van der Waals surface area contributed by atoms with Crippen LogP contribution >= 0.6 is 0 Å². The first kappa shape index (κ1) is 20.6. The maximum atomic E-state index is 12.9. The van der Waals surface area contributed by atoms with Crippen molar-refractivity contribution < 1.29 is 14.3 Å². The van der Waals surface area contributed by atoms with Crippen molar-refractivity contribution >= 4 is 11.8 Å². The van der Waals surface area contributed by atoms with Crippen molar-refractivity contribution in [3.05, 3.63) is 84.2 Å². The molecular weight excluding hydrogens is 390 g/mol. The molecular formula is C25H25N3O3. The topological polar surface area (TPSA) is 71.5 Å². The fourth-order valence-corrected chi connectivity index (χ4v) is 3.86. The van der Waals surface area contributed by atoms with Crippen LogP contribution in [0.5, 0.6) is 5.75 Å². The second-order valence-corrected chi connectivity index (χ2v) is 7.59. The third-order valence-electron chi connectivity index (χ3n) is 5.48. The normalized spacial score (nSPS) is 16.4. The Hall–Kier alpha value is -3.67. The number of hydrogen-bond donors (Lipinski definition) is 1. The highest BCUT2D eigenvalue weighted by Crippen LogP contribution is 2.25. The quantitative estimate of drug-likeness (QED) is 0.695. The fraction of sp³-hybridized carbons (Fsp3) is 0.240. The van der Waals surface area contributed by atoms with Gasteiger partial charge in [-0.15, -0.1) is 0 Å². The Kier molecular flexibility index (Phi) is 6.26. The third-order valence-corrected chi connectivity index (χ3v) is 5.48. The summed E-state index contributed by atoms with van der Waals surface area (Å²) in [6, 6.07) is 21.3. The molecule has 0 bridgehead atoms. The van der Waals surface area contributed by atoms with E-state index in [0.29, 0.717) is 31.7 Å². The fourth-order valence-electron chi connectivity index (χ4n) is 3.86. The molecule has 1 N–H and O–H groups in total. The molecule has 1 atom stereocenters. The molecule has 1 fully saturated rings. The second-order valence-electron chi connectivity index (χ2n) is 7.59. The molecule has 6 nitrogen and oxygen atoms in total. The van der Waals surface area contributed by atoms with Gasteiger partial charge in [-0.3, -0.25) is 14.6 Å². The standard InChI is InChI=1S/C25H25N3O3/c1-31-22-9-5-8-20(16-22)19-7-4-6-18(14-19)15-21-17-28(13-12-27-24(21)29)25(30)23-10-2-3-11-26-23/h2-11,14,16,21H,12-13,15,17H2,1H3,(H,27,29). The van der Waals surface area contributed by atoms with E-state index < -0.39 is 0 Å². The van der Waals surface area contributed by atoms with Gasteiger partial charge in [-0.25, -0.2) is 0 Å². The lowest BCUT2D eigenvalue weighted by molar-refractivity contribution is -0.124. The van der Waals surface area contributed by atoms with Crippen molar-refractivity contribution in [2.24, 2.45) is 5.92 Å². The molecule has 3 aromatic rings. The molecule has 0 aliphatic carbocycles. The highest BCUT2D eigenvalue weighted by Gasteiger charge is 2.28. The number of rotatable bonds is 5. The van der Waals surface area contributed by atoms with Gasteiger partial charge in [-0.05, 0) is 47.4 Å². The van der Waals surface area contributed by atoms with Crippen LogP contribution in [0.2, 0.25) is 0 Å². The van der Waals surface area contributed by atoms with E-state index in [0.717, 1.165) is 22.4 Å². The number of carbonyl (C=O) groups excluding carboxylic acids is 2. The number of benzene rings is 2. The zero-order valence-corrected chi connectivity index (χ0v) is 17.5. The number of carbonyl (C=O) groups is 2. The predicted molar refractivity (Wildman–Crippen MR) is 119 cm³/mol. The molecule has 2 aromatic carbocycles. The number of ether oxygens (including phenoxy) is 1. The molecule has 4 rings (SSSR count). The molecule has 0 saturated carbocycles. The van der Waals surface area contributed by atoms with Crippen molar-refractivity contribution in [1.82, 2.24) is 15.2 Å². The van der Waals surface area contributed by atoms with Crippen LogP contribution in [-0.2, 0) is 11.2 Å². The van der Waals surface area contributed by atoms with E-state index in [4.69, 9.17) is 4.74 Å². The maximum Gasteiger partial charge on any atom is 0.272 e. The van der Waals surface area contributed by atoms with Gasteiger partial charge in [-0.2, -0.15) is 0 Å². The van der Waals surface area contributed by atoms with Gasteiger partial charge in [-0.1, -0.05) is 42.5 Å². The maximum absolute atomic E-state index is 12.9. The van der Waals surface area contributed by atoms with Crippen LogP contribution < -0.4 is 10.1 Å². The van der Waals surface area contributed by atoms with E-state index in [-0.39, 0.29) is 17.7 Å². The van der Waals surface area contributed by atoms with Gasteiger partial charge in [0.2, 0.25) is 5.91 Å². The lowest BCUT2D eigenvalue weighted by Crippen LogP contribution is -2.37. The van der Waals surface area contributed by atoms with E-state index >= 15 is 0 Å². The number of hydrogen-bond acceptors (Lipinski definition) is 4. The van der Waals surface area contributed by atoms with Crippen molar-refractivity contribution in [1.29, 1.82) is 0 Å². The minimum atomic E-state index is -0.323. The first-order valence-electron chi connectivity index (χ1n) is 10.4. The Balaban J connectivity index is 1.53. The average Bonchev–Trinajstić information content (AvgIpc) is 3.00. The van der Waals surface area contributed by atoms with E-state index in [1.165, 1.54) is 0 Å². The van der Waals surface area contributed by atoms with Gasteiger partial charge in [0.15, 0.2) is 0 Å². The van der Waals surface area contributed by atoms with Crippen LogP contribution in [0.25, 0.3) is 11.1 Å². The number of nitrogens with zero attached hydrogens (tertiary/aromatic N) is 2. The van der Waals surface area contributed by atoms with Crippen LogP contribution in [0.15, 0.2) is 72.9 Å². The number of amides is 2. The van der Waals surface area contributed by atoms with Crippen LogP contribution in [0.4, 0.5) is 0 Å². The van der Waals surface area contributed by atoms with E-state index in [9.17, 15) is 9.59 Å². The van der Waals surface area contributed by atoms with Gasteiger partial charge < -0.3 is 15.0 Å². The molecule has 2 heterocycles. The lowest BCUT2D eigenvalue weighted by atomic mass is 9.95. The third kappa shape index (κ3) is 4.91. The van der Waals surface area contributed by atoms with Crippen LogP contribution in [0.1, 0.15) is 16.1 Å². The molecule has 1 aliphatic heterocycles. The highest BCUT2D eigenvalue weighted by molar-refractivity contribution is 5.93. The van der Waals surface area contributed by atoms with E-state index in [1.54, 1.807) is 36.4 Å². The Morgan fingerprint density at radius 1 is 1.10 bits per heavy atom. The zero-order valence-electron chi connectivity index (χ0n) is 17.5. The number of aromatic nitrogens is 1. The van der Waals surface area contributed by atoms with Crippen LogP contribution in [0, 0.1) is 5.92 Å². The van der Waals surface area contributed by atoms with Crippen LogP contribution in [0.3, 0.4) is 0 Å². The second kappa shape index (κ2) is 9.43. The first-order chi connectivity index (χ1) is 15.1. The summed E-state index contributed by atoms with van der Waals surface area (Å²) >= 11 is 0. The predicted octanol–water partition coefficient (Wildman–Crippen LogP) is 3.19. The van der Waals surface area contributed by atoms with Crippen LogP contribution in [-0.4, -0.2) is 48.4 Å². The molecule has 1 aliphatic rings. The molecule has 31 heavy (non-hydrogen) atoms. The van der Waals surface area contributed by atoms with E-state index in [1.807, 2.05) is 42.5 Å². The largest absolute Gasteiger partial charge is 0.497 e. The molecule has 1 saturated heterocycles. The minimum Gasteiger partial charge on any atom is -0.497 e. The minimum absolute atomic E-state index is 0.0249. The molecule has 1 unspecified atom stereocenters. The number of methoxy groups -OCH3 is 1. The Bertz CT molecular complexity index is 1070. The van der Waals surface area contributed by atoms with Crippen molar-refractivity contribution in [3.8, 4) is 16.9 Å².